The van der Waals surface area contributed by atoms with Crippen LogP contribution >= 0.6 is 15.9 Å². The Kier molecular flexibility index (Phi) is 4.59. The predicted molar refractivity (Wildman–Crippen MR) is 115 cm³/mol. The molecule has 26 heavy (non-hydrogen) atoms. The first-order valence-corrected chi connectivity index (χ1v) is 9.32. The molecule has 1 nitrogen and oxygen atoms in total. The Morgan fingerprint density at radius 1 is 0.500 bits per heavy atom. The predicted octanol–water partition coefficient (Wildman–Crippen LogP) is 7.03. The zero-order chi connectivity index (χ0) is 17.9. The highest BCUT2D eigenvalue weighted by Crippen LogP contribution is 2.38. The van der Waals surface area contributed by atoms with Crippen molar-refractivity contribution in [2.75, 3.05) is 5.73 Å². The van der Waals surface area contributed by atoms with Gasteiger partial charge in [-0.15, -0.1) is 0 Å². The standard InChI is InChI=1S/C24H18BrN/c25-23-16-21(18-10-5-2-6-11-18)15-22(24(23)26)20-13-7-12-19(14-20)17-8-3-1-4-9-17/h1-16H,26H2. The first-order valence-electron chi connectivity index (χ1n) is 8.53. The summed E-state index contributed by atoms with van der Waals surface area (Å²) in [5.41, 5.74) is 14.0. The van der Waals surface area contributed by atoms with Crippen molar-refractivity contribution in [1.29, 1.82) is 0 Å². The summed E-state index contributed by atoms with van der Waals surface area (Å²) in [6.07, 6.45) is 0. The van der Waals surface area contributed by atoms with Crippen molar-refractivity contribution in [3.05, 3.63) is 102 Å². The van der Waals surface area contributed by atoms with Crippen LogP contribution in [-0.2, 0) is 0 Å². The van der Waals surface area contributed by atoms with Crippen LogP contribution in [0.1, 0.15) is 0 Å². The van der Waals surface area contributed by atoms with E-state index in [1.807, 2.05) is 12.1 Å². The zero-order valence-corrected chi connectivity index (χ0v) is 15.8. The molecule has 0 fully saturated rings. The fraction of sp³-hybridized carbons (Fsp3) is 0. The molecule has 0 bridgehead atoms. The van der Waals surface area contributed by atoms with Crippen molar-refractivity contribution >= 4 is 21.6 Å². The van der Waals surface area contributed by atoms with Crippen LogP contribution in [-0.4, -0.2) is 0 Å². The lowest BCUT2D eigenvalue weighted by Crippen LogP contribution is -1.93. The van der Waals surface area contributed by atoms with Gasteiger partial charge in [-0.05, 0) is 61.9 Å². The molecule has 4 aromatic rings. The molecule has 2 N–H and O–H groups in total. The van der Waals surface area contributed by atoms with E-state index >= 15 is 0 Å². The number of nitrogen functional groups attached to an aromatic ring is 1. The molecule has 0 aromatic heterocycles. The maximum atomic E-state index is 6.40. The number of hydrogen-bond donors (Lipinski definition) is 1. The molecule has 0 atom stereocenters. The molecule has 4 aromatic carbocycles. The van der Waals surface area contributed by atoms with Crippen LogP contribution in [0.15, 0.2) is 102 Å². The molecule has 0 amide bonds. The lowest BCUT2D eigenvalue weighted by Gasteiger charge is -2.13. The van der Waals surface area contributed by atoms with E-state index in [1.165, 1.54) is 16.7 Å². The highest BCUT2D eigenvalue weighted by Gasteiger charge is 2.11. The molecule has 2 heteroatoms. The summed E-state index contributed by atoms with van der Waals surface area (Å²) in [6.45, 7) is 0. The largest absolute Gasteiger partial charge is 0.397 e. The van der Waals surface area contributed by atoms with Gasteiger partial charge in [-0.1, -0.05) is 78.9 Å². The summed E-state index contributed by atoms with van der Waals surface area (Å²) in [5, 5.41) is 0. The molecule has 0 aliphatic heterocycles. The van der Waals surface area contributed by atoms with Gasteiger partial charge in [0.25, 0.3) is 0 Å². The second kappa shape index (κ2) is 7.19. The van der Waals surface area contributed by atoms with E-state index in [0.717, 1.165) is 26.9 Å². The van der Waals surface area contributed by atoms with Gasteiger partial charge in [0.05, 0.1) is 5.69 Å². The van der Waals surface area contributed by atoms with E-state index in [4.69, 9.17) is 5.73 Å². The van der Waals surface area contributed by atoms with E-state index in [2.05, 4.69) is 101 Å². The SMILES string of the molecule is Nc1c(Br)cc(-c2ccccc2)cc1-c1cccc(-c2ccccc2)c1. The fourth-order valence-electron chi connectivity index (χ4n) is 3.15. The Balaban J connectivity index is 1.85. The minimum absolute atomic E-state index is 0.759. The number of benzene rings is 4. The Bertz CT molecular complexity index is 1040. The van der Waals surface area contributed by atoms with Crippen molar-refractivity contribution in [3.8, 4) is 33.4 Å². The number of halogens is 1. The van der Waals surface area contributed by atoms with Crippen molar-refractivity contribution in [2.24, 2.45) is 0 Å². The minimum Gasteiger partial charge on any atom is -0.397 e. The van der Waals surface area contributed by atoms with Gasteiger partial charge < -0.3 is 5.73 Å². The summed E-state index contributed by atoms with van der Waals surface area (Å²) in [7, 11) is 0. The van der Waals surface area contributed by atoms with E-state index < -0.39 is 0 Å². The van der Waals surface area contributed by atoms with Crippen LogP contribution < -0.4 is 5.73 Å². The molecule has 0 aliphatic rings. The van der Waals surface area contributed by atoms with Crippen molar-refractivity contribution in [1.82, 2.24) is 0 Å². The molecular weight excluding hydrogens is 382 g/mol. The van der Waals surface area contributed by atoms with Gasteiger partial charge in [0.15, 0.2) is 0 Å². The minimum atomic E-state index is 0.759. The second-order valence-electron chi connectivity index (χ2n) is 6.23. The number of nitrogens with two attached hydrogens (primary N) is 1. The lowest BCUT2D eigenvalue weighted by atomic mass is 9.95. The van der Waals surface area contributed by atoms with Gasteiger partial charge >= 0.3 is 0 Å². The smallest absolute Gasteiger partial charge is 0.0538 e. The normalized spacial score (nSPS) is 10.7. The average molecular weight is 400 g/mol. The summed E-state index contributed by atoms with van der Waals surface area (Å²) in [4.78, 5) is 0. The first kappa shape index (κ1) is 16.6. The lowest BCUT2D eigenvalue weighted by molar-refractivity contribution is 1.55. The fourth-order valence-corrected chi connectivity index (χ4v) is 3.61. The Labute approximate surface area is 162 Å². The van der Waals surface area contributed by atoms with E-state index in [1.54, 1.807) is 0 Å². The Morgan fingerprint density at radius 2 is 1.04 bits per heavy atom. The van der Waals surface area contributed by atoms with E-state index in [9.17, 15) is 0 Å². The summed E-state index contributed by atoms with van der Waals surface area (Å²) < 4.78 is 0.916. The van der Waals surface area contributed by atoms with Crippen molar-refractivity contribution in [3.63, 3.8) is 0 Å². The topological polar surface area (TPSA) is 26.0 Å². The van der Waals surface area contributed by atoms with Crippen molar-refractivity contribution < 1.29 is 0 Å². The van der Waals surface area contributed by atoms with Crippen LogP contribution in [0.4, 0.5) is 5.69 Å². The van der Waals surface area contributed by atoms with Crippen LogP contribution in [0.25, 0.3) is 33.4 Å². The third-order valence-electron chi connectivity index (χ3n) is 4.52. The molecule has 0 heterocycles. The summed E-state index contributed by atoms with van der Waals surface area (Å²) in [6, 6.07) is 33.5. The van der Waals surface area contributed by atoms with Crippen LogP contribution in [0.3, 0.4) is 0 Å². The average Bonchev–Trinajstić information content (AvgIpc) is 2.71. The monoisotopic (exact) mass is 399 g/mol. The van der Waals surface area contributed by atoms with Gasteiger partial charge in [0.2, 0.25) is 0 Å². The molecule has 0 saturated carbocycles. The maximum Gasteiger partial charge on any atom is 0.0538 e. The quantitative estimate of drug-likeness (QED) is 0.367. The molecule has 126 valence electrons. The summed E-state index contributed by atoms with van der Waals surface area (Å²) >= 11 is 3.63. The van der Waals surface area contributed by atoms with Crippen molar-refractivity contribution in [2.45, 2.75) is 0 Å². The number of rotatable bonds is 3. The number of hydrogen-bond acceptors (Lipinski definition) is 1. The molecule has 0 aliphatic carbocycles. The van der Waals surface area contributed by atoms with Gasteiger partial charge in [-0.2, -0.15) is 0 Å². The molecule has 0 saturated heterocycles. The highest BCUT2D eigenvalue weighted by atomic mass is 79.9. The van der Waals surface area contributed by atoms with Crippen LogP contribution in [0.5, 0.6) is 0 Å². The summed E-state index contributed by atoms with van der Waals surface area (Å²) in [5.74, 6) is 0. The molecular formula is C24H18BrN. The number of anilines is 1. The van der Waals surface area contributed by atoms with Gasteiger partial charge in [0.1, 0.15) is 0 Å². The molecule has 4 rings (SSSR count). The van der Waals surface area contributed by atoms with Gasteiger partial charge in [0, 0.05) is 10.0 Å². The van der Waals surface area contributed by atoms with Gasteiger partial charge in [-0.25, -0.2) is 0 Å². The molecule has 0 spiro atoms. The second-order valence-corrected chi connectivity index (χ2v) is 7.09. The van der Waals surface area contributed by atoms with Crippen LogP contribution in [0, 0.1) is 0 Å². The Hall–Kier alpha value is -2.84. The first-order chi connectivity index (χ1) is 12.7. The van der Waals surface area contributed by atoms with Gasteiger partial charge in [-0.3, -0.25) is 0 Å². The highest BCUT2D eigenvalue weighted by molar-refractivity contribution is 9.10. The molecule has 0 radical (unpaired) electrons. The molecule has 0 unspecified atom stereocenters. The third-order valence-corrected chi connectivity index (χ3v) is 5.17. The van der Waals surface area contributed by atoms with Crippen LogP contribution in [0.2, 0.25) is 0 Å². The zero-order valence-electron chi connectivity index (χ0n) is 14.2. The Morgan fingerprint density at radius 3 is 1.69 bits per heavy atom. The third kappa shape index (κ3) is 3.29. The van der Waals surface area contributed by atoms with E-state index in [0.29, 0.717) is 0 Å². The van der Waals surface area contributed by atoms with E-state index in [-0.39, 0.29) is 0 Å². The maximum absolute atomic E-state index is 6.40.